The Morgan fingerprint density at radius 3 is 2.39 bits per heavy atom. The normalized spacial score (nSPS) is 18.3. The lowest BCUT2D eigenvalue weighted by Crippen LogP contribution is -2.37. The van der Waals surface area contributed by atoms with Crippen LogP contribution in [0.15, 0.2) is 24.3 Å². The van der Waals surface area contributed by atoms with Gasteiger partial charge in [0, 0.05) is 5.69 Å². The summed E-state index contributed by atoms with van der Waals surface area (Å²) < 4.78 is 12.8. The third-order valence-corrected chi connectivity index (χ3v) is 3.55. The van der Waals surface area contributed by atoms with Gasteiger partial charge in [0.25, 0.3) is 0 Å². The number of aliphatic carboxylic acids is 1. The number of benzene rings is 1. The minimum absolute atomic E-state index is 0.168. The van der Waals surface area contributed by atoms with E-state index in [2.05, 4.69) is 5.32 Å². The summed E-state index contributed by atoms with van der Waals surface area (Å²) in [4.78, 5) is 11.3. The van der Waals surface area contributed by atoms with E-state index >= 15 is 0 Å². The summed E-state index contributed by atoms with van der Waals surface area (Å²) in [5, 5.41) is 12.3. The van der Waals surface area contributed by atoms with E-state index in [0.29, 0.717) is 5.69 Å². The van der Waals surface area contributed by atoms with E-state index in [0.717, 1.165) is 25.7 Å². The third-order valence-electron chi connectivity index (χ3n) is 3.55. The van der Waals surface area contributed by atoms with Gasteiger partial charge >= 0.3 is 5.97 Å². The number of rotatable bonds is 4. The van der Waals surface area contributed by atoms with E-state index in [1.165, 1.54) is 18.6 Å². The molecule has 0 radical (unpaired) electrons. The zero-order valence-corrected chi connectivity index (χ0v) is 10.2. The molecule has 1 saturated carbocycles. The number of anilines is 1. The average Bonchev–Trinajstić information content (AvgIpc) is 2.38. The Morgan fingerprint density at radius 1 is 1.22 bits per heavy atom. The highest BCUT2D eigenvalue weighted by molar-refractivity contribution is 5.77. The Kier molecular flexibility index (Phi) is 4.18. The molecule has 2 rings (SSSR count). The number of nitrogens with one attached hydrogen (secondary N) is 1. The molecule has 1 aliphatic rings. The van der Waals surface area contributed by atoms with Gasteiger partial charge < -0.3 is 10.4 Å². The van der Waals surface area contributed by atoms with Crippen LogP contribution >= 0.6 is 0 Å². The molecule has 0 saturated heterocycles. The Bertz CT molecular complexity index is 399. The average molecular weight is 251 g/mol. The molecule has 3 nitrogen and oxygen atoms in total. The van der Waals surface area contributed by atoms with Crippen molar-refractivity contribution in [2.75, 3.05) is 5.32 Å². The first-order valence-electron chi connectivity index (χ1n) is 6.42. The van der Waals surface area contributed by atoms with Crippen molar-refractivity contribution < 1.29 is 14.3 Å². The molecule has 2 N–H and O–H groups in total. The lowest BCUT2D eigenvalue weighted by atomic mass is 9.84. The molecule has 4 heteroatoms. The first kappa shape index (κ1) is 12.9. The summed E-state index contributed by atoms with van der Waals surface area (Å²) in [6, 6.07) is 5.25. The lowest BCUT2D eigenvalue weighted by Gasteiger charge is -2.28. The Hall–Kier alpha value is -1.58. The topological polar surface area (TPSA) is 49.3 Å². The van der Waals surface area contributed by atoms with E-state index in [9.17, 15) is 14.3 Å². The highest BCUT2D eigenvalue weighted by atomic mass is 19.1. The summed E-state index contributed by atoms with van der Waals surface area (Å²) in [6.07, 6.45) is 5.29. The second-order valence-corrected chi connectivity index (χ2v) is 4.87. The van der Waals surface area contributed by atoms with Gasteiger partial charge in [0.1, 0.15) is 11.9 Å². The van der Waals surface area contributed by atoms with Crippen LogP contribution in [0.3, 0.4) is 0 Å². The summed E-state index contributed by atoms with van der Waals surface area (Å²) in [5.41, 5.74) is 0.661. The molecule has 0 heterocycles. The summed E-state index contributed by atoms with van der Waals surface area (Å²) in [5.74, 6) is -0.974. The van der Waals surface area contributed by atoms with E-state index < -0.39 is 12.0 Å². The monoisotopic (exact) mass is 251 g/mol. The molecule has 0 amide bonds. The smallest absolute Gasteiger partial charge is 0.326 e. The van der Waals surface area contributed by atoms with E-state index in [4.69, 9.17) is 0 Å². The van der Waals surface area contributed by atoms with Gasteiger partial charge in [0.05, 0.1) is 0 Å². The standard InChI is InChI=1S/C14H18FNO2/c15-11-6-8-12(9-7-11)16-13(14(17)18)10-4-2-1-3-5-10/h6-10,13,16H,1-5H2,(H,17,18). The fraction of sp³-hybridized carbons (Fsp3) is 0.500. The Balaban J connectivity index is 2.05. The largest absolute Gasteiger partial charge is 0.480 e. The highest BCUT2D eigenvalue weighted by Crippen LogP contribution is 2.28. The molecule has 1 aromatic rings. The number of carboxylic acids is 1. The summed E-state index contributed by atoms with van der Waals surface area (Å²) in [7, 11) is 0. The van der Waals surface area contributed by atoms with Crippen molar-refractivity contribution in [3.63, 3.8) is 0 Å². The van der Waals surface area contributed by atoms with Crippen LogP contribution in [0.5, 0.6) is 0 Å². The maximum absolute atomic E-state index is 12.8. The van der Waals surface area contributed by atoms with Crippen molar-refractivity contribution in [2.45, 2.75) is 38.1 Å². The van der Waals surface area contributed by atoms with Crippen molar-refractivity contribution in [3.05, 3.63) is 30.1 Å². The molecule has 1 atom stereocenters. The third kappa shape index (κ3) is 3.22. The summed E-state index contributed by atoms with van der Waals surface area (Å²) >= 11 is 0. The molecular formula is C14H18FNO2. The molecule has 98 valence electrons. The Morgan fingerprint density at radius 2 is 1.83 bits per heavy atom. The summed E-state index contributed by atoms with van der Waals surface area (Å²) in [6.45, 7) is 0. The number of hydrogen-bond donors (Lipinski definition) is 2. The number of halogens is 1. The number of hydrogen-bond acceptors (Lipinski definition) is 2. The highest BCUT2D eigenvalue weighted by Gasteiger charge is 2.29. The molecule has 18 heavy (non-hydrogen) atoms. The van der Waals surface area contributed by atoms with Crippen LogP contribution in [-0.4, -0.2) is 17.1 Å². The van der Waals surface area contributed by atoms with Gasteiger partial charge in [-0.25, -0.2) is 9.18 Å². The quantitative estimate of drug-likeness (QED) is 0.863. The first-order chi connectivity index (χ1) is 8.66. The zero-order chi connectivity index (χ0) is 13.0. The van der Waals surface area contributed by atoms with E-state index in [1.807, 2.05) is 0 Å². The van der Waals surface area contributed by atoms with Gasteiger partial charge in [-0.05, 0) is 43.0 Å². The van der Waals surface area contributed by atoms with E-state index in [-0.39, 0.29) is 11.7 Å². The predicted molar refractivity (Wildman–Crippen MR) is 68.0 cm³/mol. The SMILES string of the molecule is O=C(O)C(Nc1ccc(F)cc1)C1CCCCC1. The molecule has 1 aliphatic carbocycles. The van der Waals surface area contributed by atoms with Crippen LogP contribution in [0.1, 0.15) is 32.1 Å². The predicted octanol–water partition coefficient (Wildman–Crippen LogP) is 3.27. The van der Waals surface area contributed by atoms with Gasteiger partial charge in [0.2, 0.25) is 0 Å². The van der Waals surface area contributed by atoms with Crippen molar-refractivity contribution in [3.8, 4) is 0 Å². The minimum Gasteiger partial charge on any atom is -0.480 e. The maximum Gasteiger partial charge on any atom is 0.326 e. The fourth-order valence-electron chi connectivity index (χ4n) is 2.57. The first-order valence-corrected chi connectivity index (χ1v) is 6.42. The molecule has 0 bridgehead atoms. The van der Waals surface area contributed by atoms with Crippen LogP contribution < -0.4 is 5.32 Å². The van der Waals surface area contributed by atoms with Crippen LogP contribution in [-0.2, 0) is 4.79 Å². The fourth-order valence-corrected chi connectivity index (χ4v) is 2.57. The second kappa shape index (κ2) is 5.85. The van der Waals surface area contributed by atoms with Crippen LogP contribution in [0.4, 0.5) is 10.1 Å². The van der Waals surface area contributed by atoms with Crippen molar-refractivity contribution in [1.29, 1.82) is 0 Å². The lowest BCUT2D eigenvalue weighted by molar-refractivity contribution is -0.139. The zero-order valence-electron chi connectivity index (χ0n) is 10.2. The van der Waals surface area contributed by atoms with Gasteiger partial charge in [-0.15, -0.1) is 0 Å². The second-order valence-electron chi connectivity index (χ2n) is 4.87. The minimum atomic E-state index is -0.828. The van der Waals surface area contributed by atoms with Crippen molar-refractivity contribution >= 4 is 11.7 Å². The van der Waals surface area contributed by atoms with Gasteiger partial charge in [-0.2, -0.15) is 0 Å². The Labute approximate surface area is 106 Å². The molecule has 1 unspecified atom stereocenters. The maximum atomic E-state index is 12.8. The van der Waals surface area contributed by atoms with Crippen LogP contribution in [0, 0.1) is 11.7 Å². The molecule has 1 fully saturated rings. The number of carbonyl (C=O) groups is 1. The molecule has 0 aromatic heterocycles. The van der Waals surface area contributed by atoms with Crippen molar-refractivity contribution in [2.24, 2.45) is 5.92 Å². The van der Waals surface area contributed by atoms with Crippen molar-refractivity contribution in [1.82, 2.24) is 0 Å². The van der Waals surface area contributed by atoms with E-state index in [1.54, 1.807) is 12.1 Å². The molecule has 1 aromatic carbocycles. The van der Waals surface area contributed by atoms with Crippen LogP contribution in [0.25, 0.3) is 0 Å². The van der Waals surface area contributed by atoms with Gasteiger partial charge in [-0.1, -0.05) is 19.3 Å². The van der Waals surface area contributed by atoms with Gasteiger partial charge in [0.15, 0.2) is 0 Å². The number of carboxylic acid groups (broad SMARTS) is 1. The van der Waals surface area contributed by atoms with Gasteiger partial charge in [-0.3, -0.25) is 0 Å². The molecular weight excluding hydrogens is 233 g/mol. The molecule has 0 spiro atoms. The van der Waals surface area contributed by atoms with Crippen LogP contribution in [0.2, 0.25) is 0 Å². The molecule has 0 aliphatic heterocycles.